The van der Waals surface area contributed by atoms with Crippen molar-refractivity contribution in [2.75, 3.05) is 52.9 Å². The van der Waals surface area contributed by atoms with Crippen LogP contribution in [-0.4, -0.2) is 74.8 Å². The smallest absolute Gasteiger partial charge is 0.193 e. The zero-order valence-electron chi connectivity index (χ0n) is 16.2. The quantitative estimate of drug-likeness (QED) is 0.396. The van der Waals surface area contributed by atoms with E-state index in [2.05, 4.69) is 47.8 Å². The van der Waals surface area contributed by atoms with Gasteiger partial charge in [-0.05, 0) is 24.2 Å². The van der Waals surface area contributed by atoms with Crippen LogP contribution in [0.5, 0.6) is 0 Å². The van der Waals surface area contributed by atoms with Crippen LogP contribution in [0.2, 0.25) is 0 Å². The maximum absolute atomic E-state index is 5.93. The summed E-state index contributed by atoms with van der Waals surface area (Å²) in [5, 5.41) is 3.54. The molecule has 2 unspecified atom stereocenters. The third-order valence-electron chi connectivity index (χ3n) is 5.26. The highest BCUT2D eigenvalue weighted by Gasteiger charge is 2.33. The van der Waals surface area contributed by atoms with E-state index in [1.54, 1.807) is 0 Å². The normalized spacial score (nSPS) is 29.0. The lowest BCUT2D eigenvalue weighted by molar-refractivity contribution is -0.0286. The summed E-state index contributed by atoms with van der Waals surface area (Å²) in [5.41, 5.74) is 0.438. The molecule has 24 heavy (non-hydrogen) atoms. The Morgan fingerprint density at radius 1 is 1.38 bits per heavy atom. The summed E-state index contributed by atoms with van der Waals surface area (Å²) in [7, 11) is 1.89. The zero-order valence-corrected chi connectivity index (χ0v) is 18.5. The fourth-order valence-electron chi connectivity index (χ4n) is 3.62. The van der Waals surface area contributed by atoms with Crippen molar-refractivity contribution in [1.82, 2.24) is 15.1 Å². The standard InChI is InChI=1S/C18H36N4O.HI/c1-6-18(4)7-8-22(14-18)17(19-5)20-11-16-13-21(9-10-23-16)12-15(2)3;/h15-16H,6-14H2,1-5H3,(H,19,20);1H. The SMILES string of the molecule is CCC1(C)CCN(C(=NC)NCC2CN(CC(C)C)CCO2)C1.I. The number of guanidine groups is 1. The van der Waals surface area contributed by atoms with Crippen molar-refractivity contribution in [3.63, 3.8) is 0 Å². The number of hydrogen-bond donors (Lipinski definition) is 1. The highest BCUT2D eigenvalue weighted by Crippen LogP contribution is 2.32. The first-order valence-corrected chi connectivity index (χ1v) is 9.25. The number of halogens is 1. The Morgan fingerprint density at radius 2 is 2.12 bits per heavy atom. The van der Waals surface area contributed by atoms with E-state index in [0.29, 0.717) is 11.3 Å². The molecule has 2 saturated heterocycles. The van der Waals surface area contributed by atoms with Crippen LogP contribution in [0.15, 0.2) is 4.99 Å². The van der Waals surface area contributed by atoms with Crippen LogP contribution in [-0.2, 0) is 4.74 Å². The van der Waals surface area contributed by atoms with E-state index in [9.17, 15) is 0 Å². The summed E-state index contributed by atoms with van der Waals surface area (Å²) < 4.78 is 5.93. The molecular formula is C18H37IN4O. The predicted octanol–water partition coefficient (Wildman–Crippen LogP) is 2.66. The van der Waals surface area contributed by atoms with Gasteiger partial charge in [0.15, 0.2) is 5.96 Å². The average molecular weight is 452 g/mol. The molecule has 0 aliphatic carbocycles. The maximum Gasteiger partial charge on any atom is 0.193 e. The number of nitrogens with one attached hydrogen (secondary N) is 1. The van der Waals surface area contributed by atoms with Crippen molar-refractivity contribution in [1.29, 1.82) is 0 Å². The molecule has 0 amide bonds. The van der Waals surface area contributed by atoms with Crippen LogP contribution in [0.3, 0.4) is 0 Å². The number of likely N-dealkylation sites (tertiary alicyclic amines) is 1. The fraction of sp³-hybridized carbons (Fsp3) is 0.944. The number of ether oxygens (including phenoxy) is 1. The minimum atomic E-state index is 0. The first-order valence-electron chi connectivity index (χ1n) is 9.25. The molecule has 2 aliphatic heterocycles. The number of aliphatic imine (C=N–C) groups is 1. The van der Waals surface area contributed by atoms with Gasteiger partial charge in [-0.25, -0.2) is 0 Å². The molecule has 5 nitrogen and oxygen atoms in total. The lowest BCUT2D eigenvalue weighted by Crippen LogP contribution is -2.50. The molecule has 0 aromatic heterocycles. The number of rotatable bonds is 5. The van der Waals surface area contributed by atoms with Gasteiger partial charge in [0.05, 0.1) is 12.7 Å². The Morgan fingerprint density at radius 3 is 2.71 bits per heavy atom. The highest BCUT2D eigenvalue weighted by molar-refractivity contribution is 14.0. The van der Waals surface area contributed by atoms with Gasteiger partial charge in [-0.1, -0.05) is 27.7 Å². The molecule has 0 radical (unpaired) electrons. The molecule has 2 atom stereocenters. The minimum absolute atomic E-state index is 0. The predicted molar refractivity (Wildman–Crippen MR) is 112 cm³/mol. The number of nitrogens with zero attached hydrogens (tertiary/aromatic N) is 3. The molecule has 2 fully saturated rings. The minimum Gasteiger partial charge on any atom is -0.374 e. The Bertz CT molecular complexity index is 404. The van der Waals surface area contributed by atoms with Gasteiger partial charge in [0.1, 0.15) is 0 Å². The van der Waals surface area contributed by atoms with Crippen molar-refractivity contribution >= 4 is 29.9 Å². The van der Waals surface area contributed by atoms with E-state index in [-0.39, 0.29) is 30.1 Å². The second kappa shape index (κ2) is 10.2. The van der Waals surface area contributed by atoms with Crippen LogP contribution in [0.1, 0.15) is 40.5 Å². The maximum atomic E-state index is 5.93. The van der Waals surface area contributed by atoms with E-state index < -0.39 is 0 Å². The highest BCUT2D eigenvalue weighted by atomic mass is 127. The lowest BCUT2D eigenvalue weighted by atomic mass is 9.87. The van der Waals surface area contributed by atoms with Crippen LogP contribution in [0.4, 0.5) is 0 Å². The number of hydrogen-bond acceptors (Lipinski definition) is 3. The summed E-state index contributed by atoms with van der Waals surface area (Å²) in [5.74, 6) is 1.75. The van der Waals surface area contributed by atoms with Crippen LogP contribution in [0.25, 0.3) is 0 Å². The zero-order chi connectivity index (χ0) is 16.9. The van der Waals surface area contributed by atoms with Crippen molar-refractivity contribution in [2.24, 2.45) is 16.3 Å². The van der Waals surface area contributed by atoms with Crippen molar-refractivity contribution in [3.8, 4) is 0 Å². The van der Waals surface area contributed by atoms with Gasteiger partial charge in [0.25, 0.3) is 0 Å². The van der Waals surface area contributed by atoms with Crippen molar-refractivity contribution < 1.29 is 4.74 Å². The first kappa shape index (κ1) is 22.0. The summed E-state index contributed by atoms with van der Waals surface area (Å²) in [6.07, 6.45) is 2.75. The van der Waals surface area contributed by atoms with Crippen LogP contribution >= 0.6 is 24.0 Å². The molecule has 2 heterocycles. The fourth-order valence-corrected chi connectivity index (χ4v) is 3.62. The average Bonchev–Trinajstić information content (AvgIpc) is 2.91. The largest absolute Gasteiger partial charge is 0.374 e. The molecule has 2 rings (SSSR count). The van der Waals surface area contributed by atoms with E-state index >= 15 is 0 Å². The Labute approximate surface area is 165 Å². The van der Waals surface area contributed by atoms with Gasteiger partial charge >= 0.3 is 0 Å². The molecule has 0 aromatic carbocycles. The van der Waals surface area contributed by atoms with Crippen LogP contribution < -0.4 is 5.32 Å². The second-order valence-electron chi connectivity index (χ2n) is 7.91. The van der Waals surface area contributed by atoms with E-state index in [4.69, 9.17) is 4.74 Å². The molecule has 0 aromatic rings. The Kier molecular flexibility index (Phi) is 9.30. The summed E-state index contributed by atoms with van der Waals surface area (Å²) in [4.78, 5) is 9.41. The van der Waals surface area contributed by atoms with Crippen LogP contribution in [0, 0.1) is 11.3 Å². The summed E-state index contributed by atoms with van der Waals surface area (Å²) in [6, 6.07) is 0. The third-order valence-corrected chi connectivity index (χ3v) is 5.26. The van der Waals surface area contributed by atoms with E-state index in [1.165, 1.54) is 12.8 Å². The van der Waals surface area contributed by atoms with E-state index in [0.717, 1.165) is 51.8 Å². The Hall–Kier alpha value is -0.0800. The second-order valence-corrected chi connectivity index (χ2v) is 7.91. The monoisotopic (exact) mass is 452 g/mol. The summed E-state index contributed by atoms with van der Waals surface area (Å²) >= 11 is 0. The van der Waals surface area contributed by atoms with Crippen molar-refractivity contribution in [2.45, 2.75) is 46.6 Å². The molecule has 142 valence electrons. The molecule has 1 N–H and O–H groups in total. The van der Waals surface area contributed by atoms with E-state index in [1.807, 2.05) is 7.05 Å². The van der Waals surface area contributed by atoms with Gasteiger partial charge in [-0.3, -0.25) is 9.89 Å². The molecule has 0 saturated carbocycles. The molecule has 0 bridgehead atoms. The molecule has 0 spiro atoms. The van der Waals surface area contributed by atoms with Gasteiger partial charge < -0.3 is 15.0 Å². The molecular weight excluding hydrogens is 415 g/mol. The number of morpholine rings is 1. The summed E-state index contributed by atoms with van der Waals surface area (Å²) in [6.45, 7) is 16.4. The van der Waals surface area contributed by atoms with Crippen molar-refractivity contribution in [3.05, 3.63) is 0 Å². The third kappa shape index (κ3) is 6.33. The molecule has 6 heteroatoms. The lowest BCUT2D eigenvalue weighted by Gasteiger charge is -2.34. The van der Waals surface area contributed by atoms with Gasteiger partial charge in [-0.2, -0.15) is 0 Å². The van der Waals surface area contributed by atoms with Gasteiger partial charge in [0.2, 0.25) is 0 Å². The topological polar surface area (TPSA) is 40.1 Å². The first-order chi connectivity index (χ1) is 11.0. The molecule has 2 aliphatic rings. The van der Waals surface area contributed by atoms with Gasteiger partial charge in [-0.15, -0.1) is 24.0 Å². The van der Waals surface area contributed by atoms with Gasteiger partial charge in [0, 0.05) is 46.3 Å². The Balaban J connectivity index is 0.00000288.